The molecule has 2 aliphatic rings. The third-order valence-electron chi connectivity index (χ3n) is 5.09. The average molecular weight is 520 g/mol. The monoisotopic (exact) mass is 520 g/mol. The maximum atomic E-state index is 12.5. The second-order valence-electron chi connectivity index (χ2n) is 7.37. The number of nitrogens with one attached hydrogen (secondary N) is 2. The van der Waals surface area contributed by atoms with E-state index in [0.717, 1.165) is 38.9 Å². The van der Waals surface area contributed by atoms with Crippen molar-refractivity contribution in [3.05, 3.63) is 0 Å². The van der Waals surface area contributed by atoms with E-state index in [4.69, 9.17) is 5.73 Å². The lowest BCUT2D eigenvalue weighted by atomic mass is 9.97. The number of hydrogen-bond acceptors (Lipinski definition) is 4. The fourth-order valence-corrected chi connectivity index (χ4v) is 3.74. The maximum absolute atomic E-state index is 12.5. The predicted molar refractivity (Wildman–Crippen MR) is 114 cm³/mol. The summed E-state index contributed by atoms with van der Waals surface area (Å²) in [5.41, 5.74) is 5.40. The molecule has 0 aromatic carbocycles. The Kier molecular flexibility index (Phi) is 10.8. The van der Waals surface area contributed by atoms with Gasteiger partial charge in [-0.15, -0.1) is 24.0 Å². The molecule has 164 valence electrons. The van der Waals surface area contributed by atoms with Crippen molar-refractivity contribution in [3.8, 4) is 0 Å². The molecule has 4 N–H and O–H groups in total. The minimum Gasteiger partial charge on any atom is -0.369 e. The minimum absolute atomic E-state index is 0. The summed E-state index contributed by atoms with van der Waals surface area (Å²) in [6.07, 6.45) is -0.749. The van der Waals surface area contributed by atoms with E-state index in [2.05, 4.69) is 20.5 Å². The van der Waals surface area contributed by atoms with Crippen LogP contribution in [0.4, 0.5) is 13.2 Å². The first-order valence-corrected chi connectivity index (χ1v) is 9.55. The summed E-state index contributed by atoms with van der Waals surface area (Å²) in [6.45, 7) is 3.21. The minimum atomic E-state index is -4.16. The number of halogens is 4. The molecular formula is C17H32F3IN6O. The molecule has 2 aliphatic heterocycles. The Morgan fingerprint density at radius 2 is 1.96 bits per heavy atom. The quantitative estimate of drug-likeness (QED) is 0.202. The summed E-state index contributed by atoms with van der Waals surface area (Å²) in [7, 11) is 1.65. The van der Waals surface area contributed by atoms with Gasteiger partial charge in [-0.25, -0.2) is 0 Å². The molecule has 0 radical (unpaired) electrons. The zero-order chi connectivity index (χ0) is 19.9. The van der Waals surface area contributed by atoms with E-state index in [-0.39, 0.29) is 41.8 Å². The van der Waals surface area contributed by atoms with Crippen LogP contribution in [0.25, 0.3) is 0 Å². The van der Waals surface area contributed by atoms with E-state index in [1.165, 1.54) is 4.90 Å². The van der Waals surface area contributed by atoms with Crippen LogP contribution < -0.4 is 16.4 Å². The summed E-state index contributed by atoms with van der Waals surface area (Å²) >= 11 is 0. The summed E-state index contributed by atoms with van der Waals surface area (Å²) in [5, 5.41) is 6.41. The van der Waals surface area contributed by atoms with Gasteiger partial charge in [-0.2, -0.15) is 13.2 Å². The van der Waals surface area contributed by atoms with Crippen molar-refractivity contribution in [2.24, 2.45) is 16.6 Å². The Labute approximate surface area is 181 Å². The van der Waals surface area contributed by atoms with Crippen molar-refractivity contribution < 1.29 is 18.0 Å². The van der Waals surface area contributed by atoms with Crippen molar-refractivity contribution >= 4 is 35.8 Å². The molecule has 0 aromatic heterocycles. The van der Waals surface area contributed by atoms with Crippen LogP contribution in [0.3, 0.4) is 0 Å². The van der Waals surface area contributed by atoms with Gasteiger partial charge in [0, 0.05) is 39.3 Å². The number of amides is 1. The van der Waals surface area contributed by atoms with Crippen molar-refractivity contribution in [2.45, 2.75) is 37.9 Å². The Balaban J connectivity index is 0.00000392. The fraction of sp³-hybridized carbons (Fsp3) is 0.882. The van der Waals surface area contributed by atoms with Gasteiger partial charge in [0.15, 0.2) is 5.96 Å². The third-order valence-corrected chi connectivity index (χ3v) is 5.09. The number of aliphatic imine (C=N–C) groups is 1. The number of alkyl halides is 3. The lowest BCUT2D eigenvalue weighted by Crippen LogP contribution is -2.46. The summed E-state index contributed by atoms with van der Waals surface area (Å²) in [6, 6.07) is -0.0306. The van der Waals surface area contributed by atoms with E-state index in [0.29, 0.717) is 32.0 Å². The second kappa shape index (κ2) is 12.0. The predicted octanol–water partition coefficient (Wildman–Crippen LogP) is 0.993. The van der Waals surface area contributed by atoms with E-state index in [1.807, 2.05) is 0 Å². The summed E-state index contributed by atoms with van der Waals surface area (Å²) in [5.74, 6) is 0.337. The fourth-order valence-electron chi connectivity index (χ4n) is 3.74. The zero-order valence-electron chi connectivity index (χ0n) is 16.3. The number of nitrogens with zero attached hydrogens (tertiary/aromatic N) is 3. The largest absolute Gasteiger partial charge is 0.401 e. The van der Waals surface area contributed by atoms with Gasteiger partial charge in [0.2, 0.25) is 5.91 Å². The highest BCUT2D eigenvalue weighted by atomic mass is 127. The molecule has 2 fully saturated rings. The number of guanidine groups is 1. The summed E-state index contributed by atoms with van der Waals surface area (Å²) in [4.78, 5) is 19.1. The molecule has 0 aromatic rings. The maximum Gasteiger partial charge on any atom is 0.401 e. The van der Waals surface area contributed by atoms with Gasteiger partial charge in [0.1, 0.15) is 0 Å². The van der Waals surface area contributed by atoms with Gasteiger partial charge in [-0.3, -0.25) is 14.7 Å². The first-order chi connectivity index (χ1) is 12.8. The Bertz CT molecular complexity index is 520. The third kappa shape index (κ3) is 9.12. The van der Waals surface area contributed by atoms with Crippen molar-refractivity contribution in [2.75, 3.05) is 52.9 Å². The van der Waals surface area contributed by atoms with E-state index >= 15 is 0 Å². The molecular weight excluding hydrogens is 488 g/mol. The average Bonchev–Trinajstić information content (AvgIpc) is 3.02. The highest BCUT2D eigenvalue weighted by Crippen LogP contribution is 2.20. The second-order valence-corrected chi connectivity index (χ2v) is 7.37. The zero-order valence-corrected chi connectivity index (χ0v) is 18.6. The highest BCUT2D eigenvalue weighted by Gasteiger charge is 2.34. The van der Waals surface area contributed by atoms with Gasteiger partial charge in [0.05, 0.1) is 12.5 Å². The molecule has 1 amide bonds. The molecule has 0 bridgehead atoms. The number of hydrogen-bond donors (Lipinski definition) is 3. The SMILES string of the molecule is CN=C(NCCCN1CCCC(C(N)=O)C1)NC1CCN(CC(F)(F)F)C1.I. The van der Waals surface area contributed by atoms with E-state index in [9.17, 15) is 18.0 Å². The molecule has 11 heteroatoms. The first kappa shape index (κ1) is 25.2. The molecule has 2 atom stereocenters. The lowest BCUT2D eigenvalue weighted by Gasteiger charge is -2.31. The van der Waals surface area contributed by atoms with Gasteiger partial charge in [-0.05, 0) is 38.8 Å². The van der Waals surface area contributed by atoms with Crippen LogP contribution in [0.1, 0.15) is 25.7 Å². The lowest BCUT2D eigenvalue weighted by molar-refractivity contribution is -0.143. The van der Waals surface area contributed by atoms with Gasteiger partial charge >= 0.3 is 6.18 Å². The smallest absolute Gasteiger partial charge is 0.369 e. The molecule has 2 rings (SSSR count). The highest BCUT2D eigenvalue weighted by molar-refractivity contribution is 14.0. The van der Waals surface area contributed by atoms with Crippen LogP contribution >= 0.6 is 24.0 Å². The Hall–Kier alpha value is -0.820. The van der Waals surface area contributed by atoms with Crippen molar-refractivity contribution in [1.29, 1.82) is 0 Å². The molecule has 2 saturated heterocycles. The standard InChI is InChI=1S/C17H31F3N6O.HI/c1-22-16(24-14-5-9-26(11-14)12-17(18,19)20)23-6-3-8-25-7-2-4-13(10-25)15(21)27;/h13-14H,2-12H2,1H3,(H2,21,27)(H2,22,23,24);1H. The van der Waals surface area contributed by atoms with Crippen molar-refractivity contribution in [1.82, 2.24) is 20.4 Å². The van der Waals surface area contributed by atoms with Crippen molar-refractivity contribution in [3.63, 3.8) is 0 Å². The first-order valence-electron chi connectivity index (χ1n) is 9.55. The van der Waals surface area contributed by atoms with Crippen LogP contribution in [-0.4, -0.2) is 86.7 Å². The molecule has 0 saturated carbocycles. The van der Waals surface area contributed by atoms with Gasteiger partial charge in [0.25, 0.3) is 0 Å². The molecule has 2 heterocycles. The van der Waals surface area contributed by atoms with Crippen LogP contribution in [0.5, 0.6) is 0 Å². The normalized spacial score (nSPS) is 24.6. The number of carbonyl (C=O) groups is 1. The summed E-state index contributed by atoms with van der Waals surface area (Å²) < 4.78 is 37.4. The number of rotatable bonds is 7. The Morgan fingerprint density at radius 1 is 1.21 bits per heavy atom. The number of primary amides is 1. The van der Waals surface area contributed by atoms with Gasteiger partial charge < -0.3 is 21.3 Å². The number of nitrogens with two attached hydrogens (primary N) is 1. The molecule has 2 unspecified atom stereocenters. The number of piperidine rings is 1. The van der Waals surface area contributed by atoms with Crippen LogP contribution in [0.15, 0.2) is 4.99 Å². The topological polar surface area (TPSA) is 86.0 Å². The molecule has 7 nitrogen and oxygen atoms in total. The van der Waals surface area contributed by atoms with Crippen LogP contribution in [-0.2, 0) is 4.79 Å². The number of carbonyl (C=O) groups excluding carboxylic acids is 1. The number of likely N-dealkylation sites (tertiary alicyclic amines) is 2. The molecule has 28 heavy (non-hydrogen) atoms. The molecule has 0 spiro atoms. The Morgan fingerprint density at radius 3 is 2.61 bits per heavy atom. The molecule has 0 aliphatic carbocycles. The van der Waals surface area contributed by atoms with E-state index < -0.39 is 12.7 Å². The van der Waals surface area contributed by atoms with E-state index in [1.54, 1.807) is 7.05 Å². The van der Waals surface area contributed by atoms with Crippen LogP contribution in [0, 0.1) is 5.92 Å². The van der Waals surface area contributed by atoms with Crippen LogP contribution in [0.2, 0.25) is 0 Å². The van der Waals surface area contributed by atoms with Gasteiger partial charge in [-0.1, -0.05) is 0 Å².